The lowest BCUT2D eigenvalue weighted by atomic mass is 10.0. The van der Waals surface area contributed by atoms with Gasteiger partial charge >= 0.3 is 0 Å². The molecule has 0 aliphatic heterocycles. The number of benzene rings is 1. The highest BCUT2D eigenvalue weighted by Gasteiger charge is 2.09. The van der Waals surface area contributed by atoms with Crippen LogP contribution in [0.5, 0.6) is 0 Å². The molecule has 0 radical (unpaired) electrons. The third kappa shape index (κ3) is 3.95. The summed E-state index contributed by atoms with van der Waals surface area (Å²) in [7, 11) is 1.64. The van der Waals surface area contributed by atoms with Gasteiger partial charge in [-0.3, -0.25) is 11.3 Å². The maximum Gasteiger partial charge on any atom is 0.126 e. The van der Waals surface area contributed by atoms with Crippen molar-refractivity contribution in [3.05, 3.63) is 35.6 Å². The number of hydrogen-bond donors (Lipinski definition) is 2. The molecular formula is C11H17FN2O. The minimum absolute atomic E-state index is 0.0434. The van der Waals surface area contributed by atoms with Crippen molar-refractivity contribution in [3.63, 3.8) is 0 Å². The molecule has 0 amide bonds. The number of hydrogen-bond acceptors (Lipinski definition) is 3. The van der Waals surface area contributed by atoms with Crippen LogP contribution in [-0.2, 0) is 11.2 Å². The van der Waals surface area contributed by atoms with Crippen LogP contribution >= 0.6 is 0 Å². The zero-order valence-corrected chi connectivity index (χ0v) is 8.87. The Morgan fingerprint density at radius 1 is 1.47 bits per heavy atom. The molecule has 4 heteroatoms. The van der Waals surface area contributed by atoms with E-state index in [0.29, 0.717) is 18.6 Å². The minimum Gasteiger partial charge on any atom is -0.385 e. The first kappa shape index (κ1) is 12.1. The average molecular weight is 212 g/mol. The van der Waals surface area contributed by atoms with Gasteiger partial charge in [0.25, 0.3) is 0 Å². The lowest BCUT2D eigenvalue weighted by molar-refractivity contribution is 0.182. The van der Waals surface area contributed by atoms with Crippen LogP contribution in [0.3, 0.4) is 0 Å². The Balaban J connectivity index is 2.54. The molecule has 1 unspecified atom stereocenters. The third-order valence-corrected chi connectivity index (χ3v) is 2.33. The highest BCUT2D eigenvalue weighted by Crippen LogP contribution is 2.10. The van der Waals surface area contributed by atoms with Crippen LogP contribution in [0.15, 0.2) is 24.3 Å². The highest BCUT2D eigenvalue weighted by molar-refractivity contribution is 5.18. The largest absolute Gasteiger partial charge is 0.385 e. The van der Waals surface area contributed by atoms with Crippen LogP contribution in [0.25, 0.3) is 0 Å². The van der Waals surface area contributed by atoms with Crippen molar-refractivity contribution in [2.45, 2.75) is 18.9 Å². The van der Waals surface area contributed by atoms with Crippen LogP contribution in [0.1, 0.15) is 12.0 Å². The van der Waals surface area contributed by atoms with Gasteiger partial charge in [0.05, 0.1) is 0 Å². The number of ether oxygens (including phenoxy) is 1. The minimum atomic E-state index is -0.185. The second-order valence-electron chi connectivity index (χ2n) is 3.44. The normalized spacial score (nSPS) is 12.7. The number of rotatable bonds is 6. The summed E-state index contributed by atoms with van der Waals surface area (Å²) < 4.78 is 18.3. The number of methoxy groups -OCH3 is 1. The van der Waals surface area contributed by atoms with E-state index in [1.807, 2.05) is 6.07 Å². The summed E-state index contributed by atoms with van der Waals surface area (Å²) in [5, 5.41) is 0. The van der Waals surface area contributed by atoms with Gasteiger partial charge in [-0.1, -0.05) is 18.2 Å². The summed E-state index contributed by atoms with van der Waals surface area (Å²) in [5.41, 5.74) is 3.34. The van der Waals surface area contributed by atoms with Gasteiger partial charge in [-0.05, 0) is 24.5 Å². The van der Waals surface area contributed by atoms with Gasteiger partial charge in [0, 0.05) is 19.8 Å². The predicted molar refractivity (Wildman–Crippen MR) is 57.7 cm³/mol. The summed E-state index contributed by atoms with van der Waals surface area (Å²) in [6.45, 7) is 0.614. The number of nitrogens with two attached hydrogens (primary N) is 1. The summed E-state index contributed by atoms with van der Waals surface area (Å²) in [6.07, 6.45) is 1.34. The number of halogens is 1. The molecule has 0 spiro atoms. The van der Waals surface area contributed by atoms with Crippen molar-refractivity contribution in [2.24, 2.45) is 5.84 Å². The SMILES string of the molecule is COCCC(Cc1ccccc1F)NN. The Labute approximate surface area is 89.4 Å². The van der Waals surface area contributed by atoms with Crippen molar-refractivity contribution < 1.29 is 9.13 Å². The first-order valence-electron chi connectivity index (χ1n) is 4.96. The van der Waals surface area contributed by atoms with Crippen molar-refractivity contribution in [1.82, 2.24) is 5.43 Å². The Kier molecular flexibility index (Phi) is 5.25. The average Bonchev–Trinajstić information content (AvgIpc) is 2.26. The van der Waals surface area contributed by atoms with E-state index in [1.54, 1.807) is 19.2 Å². The topological polar surface area (TPSA) is 47.3 Å². The highest BCUT2D eigenvalue weighted by atomic mass is 19.1. The molecule has 0 aliphatic carbocycles. The van der Waals surface area contributed by atoms with E-state index in [4.69, 9.17) is 10.6 Å². The lowest BCUT2D eigenvalue weighted by Crippen LogP contribution is -2.37. The fourth-order valence-electron chi connectivity index (χ4n) is 1.43. The number of nitrogens with one attached hydrogen (secondary N) is 1. The second-order valence-corrected chi connectivity index (χ2v) is 3.44. The molecule has 15 heavy (non-hydrogen) atoms. The molecule has 1 aromatic rings. The van der Waals surface area contributed by atoms with Crippen LogP contribution in [0.4, 0.5) is 4.39 Å². The van der Waals surface area contributed by atoms with Crippen LogP contribution in [0.2, 0.25) is 0 Å². The van der Waals surface area contributed by atoms with Gasteiger partial charge in [0.2, 0.25) is 0 Å². The molecular weight excluding hydrogens is 195 g/mol. The fourth-order valence-corrected chi connectivity index (χ4v) is 1.43. The standard InChI is InChI=1S/C11H17FN2O/c1-15-7-6-10(14-13)8-9-4-2-3-5-11(9)12/h2-5,10,14H,6-8,13H2,1H3. The maximum absolute atomic E-state index is 13.3. The van der Waals surface area contributed by atoms with Crippen LogP contribution < -0.4 is 11.3 Å². The van der Waals surface area contributed by atoms with E-state index in [1.165, 1.54) is 6.07 Å². The fraction of sp³-hybridized carbons (Fsp3) is 0.455. The Bertz CT molecular complexity index is 294. The van der Waals surface area contributed by atoms with E-state index in [9.17, 15) is 4.39 Å². The van der Waals surface area contributed by atoms with E-state index in [-0.39, 0.29) is 11.9 Å². The van der Waals surface area contributed by atoms with Gasteiger partial charge in [-0.25, -0.2) is 4.39 Å². The Hall–Kier alpha value is -0.970. The van der Waals surface area contributed by atoms with E-state index < -0.39 is 0 Å². The van der Waals surface area contributed by atoms with Gasteiger partial charge in [0.15, 0.2) is 0 Å². The third-order valence-electron chi connectivity index (χ3n) is 2.33. The van der Waals surface area contributed by atoms with Crippen molar-refractivity contribution in [3.8, 4) is 0 Å². The molecule has 84 valence electrons. The van der Waals surface area contributed by atoms with Crippen LogP contribution in [0, 0.1) is 5.82 Å². The summed E-state index contributed by atoms with van der Waals surface area (Å²) in [4.78, 5) is 0. The monoisotopic (exact) mass is 212 g/mol. The van der Waals surface area contributed by atoms with Crippen LogP contribution in [-0.4, -0.2) is 19.8 Å². The molecule has 1 aromatic carbocycles. The van der Waals surface area contributed by atoms with Crippen molar-refractivity contribution in [1.29, 1.82) is 0 Å². The molecule has 0 saturated carbocycles. The zero-order chi connectivity index (χ0) is 11.1. The zero-order valence-electron chi connectivity index (χ0n) is 8.87. The number of hydrazine groups is 1. The van der Waals surface area contributed by atoms with E-state index in [0.717, 1.165) is 6.42 Å². The molecule has 3 nitrogen and oxygen atoms in total. The molecule has 3 N–H and O–H groups in total. The maximum atomic E-state index is 13.3. The van der Waals surface area contributed by atoms with Gasteiger partial charge < -0.3 is 4.74 Å². The summed E-state index contributed by atoms with van der Waals surface area (Å²) in [5.74, 6) is 5.20. The van der Waals surface area contributed by atoms with Gasteiger partial charge in [-0.2, -0.15) is 0 Å². The summed E-state index contributed by atoms with van der Waals surface area (Å²) >= 11 is 0. The van der Waals surface area contributed by atoms with Crippen molar-refractivity contribution >= 4 is 0 Å². The second kappa shape index (κ2) is 6.50. The van der Waals surface area contributed by atoms with Crippen molar-refractivity contribution in [2.75, 3.05) is 13.7 Å². The molecule has 0 saturated heterocycles. The molecule has 0 aromatic heterocycles. The Morgan fingerprint density at radius 2 is 2.20 bits per heavy atom. The van der Waals surface area contributed by atoms with Gasteiger partial charge in [0.1, 0.15) is 5.82 Å². The molecule has 0 aliphatic rings. The first-order chi connectivity index (χ1) is 7.27. The molecule has 0 bridgehead atoms. The van der Waals surface area contributed by atoms with E-state index >= 15 is 0 Å². The Morgan fingerprint density at radius 3 is 2.80 bits per heavy atom. The molecule has 0 fully saturated rings. The first-order valence-corrected chi connectivity index (χ1v) is 4.96. The molecule has 1 atom stereocenters. The smallest absolute Gasteiger partial charge is 0.126 e. The predicted octanol–water partition coefficient (Wildman–Crippen LogP) is 1.24. The lowest BCUT2D eigenvalue weighted by Gasteiger charge is -2.15. The summed E-state index contributed by atoms with van der Waals surface area (Å²) in [6, 6.07) is 6.77. The molecule has 0 heterocycles. The molecule has 1 rings (SSSR count). The quantitative estimate of drug-likeness (QED) is 0.551. The van der Waals surface area contributed by atoms with E-state index in [2.05, 4.69) is 5.43 Å². The van der Waals surface area contributed by atoms with Gasteiger partial charge in [-0.15, -0.1) is 0 Å².